The lowest BCUT2D eigenvalue weighted by Gasteiger charge is -2.18. The molecule has 0 spiro atoms. The number of nitrogens with one attached hydrogen (secondary N) is 1. The largest absolute Gasteiger partial charge is 0.493 e. The molecule has 1 N–H and O–H groups in total. The number of hydrogen-bond donors (Lipinski definition) is 1. The third-order valence-corrected chi connectivity index (χ3v) is 3.97. The van der Waals surface area contributed by atoms with E-state index in [4.69, 9.17) is 18.9 Å². The maximum absolute atomic E-state index is 12.3. The van der Waals surface area contributed by atoms with Gasteiger partial charge in [0, 0.05) is 5.56 Å². The van der Waals surface area contributed by atoms with Crippen molar-refractivity contribution in [3.05, 3.63) is 47.5 Å². The van der Waals surface area contributed by atoms with E-state index in [1.54, 1.807) is 18.2 Å². The zero-order valence-electron chi connectivity index (χ0n) is 15.4. The van der Waals surface area contributed by atoms with Gasteiger partial charge in [-0.1, -0.05) is 0 Å². The third-order valence-electron chi connectivity index (χ3n) is 3.97. The lowest BCUT2D eigenvalue weighted by atomic mass is 10.1. The summed E-state index contributed by atoms with van der Waals surface area (Å²) in [5, 5.41) is 2.62. The number of ether oxygens (including phenoxy) is 4. The van der Waals surface area contributed by atoms with Gasteiger partial charge in [0.25, 0.3) is 5.91 Å². The normalized spacial score (nSPS) is 12.3. The van der Waals surface area contributed by atoms with Crippen molar-refractivity contribution in [2.24, 2.45) is 0 Å². The Bertz CT molecular complexity index is 923. The monoisotopic (exact) mass is 385 g/mol. The number of anilines is 1. The first-order valence-electron chi connectivity index (χ1n) is 8.59. The lowest BCUT2D eigenvalue weighted by molar-refractivity contribution is -0.118. The molecular formula is C20H19NO7. The highest BCUT2D eigenvalue weighted by Gasteiger charge is 2.19. The molecule has 1 amide bonds. The van der Waals surface area contributed by atoms with E-state index in [9.17, 15) is 14.4 Å². The molecule has 1 aliphatic heterocycles. The van der Waals surface area contributed by atoms with Gasteiger partial charge in [-0.15, -0.1) is 0 Å². The first-order valence-corrected chi connectivity index (χ1v) is 8.59. The minimum absolute atomic E-state index is 0.0660. The van der Waals surface area contributed by atoms with Crippen molar-refractivity contribution in [2.75, 3.05) is 32.2 Å². The predicted molar refractivity (Wildman–Crippen MR) is 99.3 cm³/mol. The number of ketones is 1. The Balaban J connectivity index is 1.65. The molecule has 2 aromatic carbocycles. The van der Waals surface area contributed by atoms with Crippen LogP contribution in [0.5, 0.6) is 17.2 Å². The first kappa shape index (κ1) is 19.2. The number of fused-ring (bicyclic) bond motifs is 1. The summed E-state index contributed by atoms with van der Waals surface area (Å²) in [4.78, 5) is 36.0. The highest BCUT2D eigenvalue weighted by Crippen LogP contribution is 2.29. The van der Waals surface area contributed by atoms with E-state index in [2.05, 4.69) is 5.32 Å². The maximum Gasteiger partial charge on any atom is 0.338 e. The van der Waals surface area contributed by atoms with Gasteiger partial charge in [0.15, 0.2) is 30.5 Å². The van der Waals surface area contributed by atoms with Crippen molar-refractivity contribution in [3.8, 4) is 17.2 Å². The highest BCUT2D eigenvalue weighted by atomic mass is 16.5. The molecule has 0 aliphatic carbocycles. The predicted octanol–water partition coefficient (Wildman–Crippen LogP) is 2.46. The Morgan fingerprint density at radius 2 is 1.89 bits per heavy atom. The summed E-state index contributed by atoms with van der Waals surface area (Å²) < 4.78 is 20.9. The molecule has 0 bridgehead atoms. The van der Waals surface area contributed by atoms with Crippen LogP contribution in [-0.4, -0.2) is 44.6 Å². The Morgan fingerprint density at radius 1 is 1.11 bits per heavy atom. The van der Waals surface area contributed by atoms with Gasteiger partial charge < -0.3 is 24.3 Å². The summed E-state index contributed by atoms with van der Waals surface area (Å²) in [6, 6.07) is 9.25. The molecule has 0 unspecified atom stereocenters. The average molecular weight is 385 g/mol. The molecule has 0 radical (unpaired) electrons. The second-order valence-corrected chi connectivity index (χ2v) is 5.85. The molecule has 0 fully saturated rings. The SMILES string of the molecule is CCOc1ccc(C(=O)OCC(=O)c2ccc3c(c2)NC(=O)CO3)cc1OC. The van der Waals surface area contributed by atoms with E-state index in [0.29, 0.717) is 35.1 Å². The van der Waals surface area contributed by atoms with E-state index in [1.165, 1.54) is 25.3 Å². The molecular weight excluding hydrogens is 366 g/mol. The molecule has 2 aromatic rings. The van der Waals surface area contributed by atoms with Gasteiger partial charge in [-0.2, -0.15) is 0 Å². The fraction of sp³-hybridized carbons (Fsp3) is 0.250. The number of carbonyl (C=O) groups is 3. The van der Waals surface area contributed by atoms with Crippen LogP contribution in [-0.2, 0) is 9.53 Å². The molecule has 1 aliphatic rings. The van der Waals surface area contributed by atoms with E-state index >= 15 is 0 Å². The van der Waals surface area contributed by atoms with Crippen LogP contribution in [0.15, 0.2) is 36.4 Å². The molecule has 146 valence electrons. The van der Waals surface area contributed by atoms with Crippen LogP contribution in [0.3, 0.4) is 0 Å². The van der Waals surface area contributed by atoms with Crippen molar-refractivity contribution >= 4 is 23.3 Å². The fourth-order valence-corrected chi connectivity index (χ4v) is 2.62. The summed E-state index contributed by atoms with van der Waals surface area (Å²) in [5.41, 5.74) is 0.936. The summed E-state index contributed by atoms with van der Waals surface area (Å²) in [6.45, 7) is 1.79. The Labute approximate surface area is 161 Å². The van der Waals surface area contributed by atoms with Crippen LogP contribution in [0.2, 0.25) is 0 Å². The number of methoxy groups -OCH3 is 1. The molecule has 8 heteroatoms. The topological polar surface area (TPSA) is 100 Å². The van der Waals surface area contributed by atoms with Crippen molar-refractivity contribution in [1.29, 1.82) is 0 Å². The molecule has 0 saturated carbocycles. The van der Waals surface area contributed by atoms with Crippen molar-refractivity contribution < 1.29 is 33.3 Å². The zero-order valence-corrected chi connectivity index (χ0v) is 15.4. The van der Waals surface area contributed by atoms with Gasteiger partial charge in [0.2, 0.25) is 0 Å². The zero-order chi connectivity index (χ0) is 20.1. The number of carbonyl (C=O) groups excluding carboxylic acids is 3. The number of rotatable bonds is 7. The highest BCUT2D eigenvalue weighted by molar-refractivity contribution is 6.02. The minimum atomic E-state index is -0.663. The summed E-state index contributed by atoms with van der Waals surface area (Å²) in [7, 11) is 1.47. The summed E-state index contributed by atoms with van der Waals surface area (Å²) in [6.07, 6.45) is 0. The van der Waals surface area contributed by atoms with Gasteiger partial charge in [-0.25, -0.2) is 4.79 Å². The number of esters is 1. The van der Waals surface area contributed by atoms with Gasteiger partial charge in [-0.05, 0) is 43.3 Å². The maximum atomic E-state index is 12.3. The quantitative estimate of drug-likeness (QED) is 0.577. The van der Waals surface area contributed by atoms with Gasteiger partial charge in [0.1, 0.15) is 5.75 Å². The van der Waals surface area contributed by atoms with Crippen molar-refractivity contribution in [3.63, 3.8) is 0 Å². The Hall–Kier alpha value is -3.55. The second kappa shape index (κ2) is 8.43. The van der Waals surface area contributed by atoms with Gasteiger partial charge in [-0.3, -0.25) is 9.59 Å². The number of hydrogen-bond acceptors (Lipinski definition) is 7. The van der Waals surface area contributed by atoms with E-state index in [1.807, 2.05) is 6.92 Å². The van der Waals surface area contributed by atoms with Crippen LogP contribution in [0, 0.1) is 0 Å². The van der Waals surface area contributed by atoms with Crippen LogP contribution in [0.4, 0.5) is 5.69 Å². The Morgan fingerprint density at radius 3 is 2.64 bits per heavy atom. The van der Waals surface area contributed by atoms with Crippen LogP contribution in [0.1, 0.15) is 27.6 Å². The van der Waals surface area contributed by atoms with Gasteiger partial charge in [0.05, 0.1) is 25.0 Å². The first-order chi connectivity index (χ1) is 13.5. The molecule has 8 nitrogen and oxygen atoms in total. The smallest absolute Gasteiger partial charge is 0.338 e. The van der Waals surface area contributed by atoms with Crippen LogP contribution >= 0.6 is 0 Å². The van der Waals surface area contributed by atoms with E-state index in [-0.39, 0.29) is 18.1 Å². The fourth-order valence-electron chi connectivity index (χ4n) is 2.62. The van der Waals surface area contributed by atoms with Crippen molar-refractivity contribution in [1.82, 2.24) is 0 Å². The van der Waals surface area contributed by atoms with E-state index in [0.717, 1.165) is 0 Å². The molecule has 0 aromatic heterocycles. The molecule has 3 rings (SSSR count). The van der Waals surface area contributed by atoms with Gasteiger partial charge >= 0.3 is 5.97 Å². The number of benzene rings is 2. The molecule has 0 atom stereocenters. The lowest BCUT2D eigenvalue weighted by Crippen LogP contribution is -2.25. The average Bonchev–Trinajstić information content (AvgIpc) is 2.71. The molecule has 28 heavy (non-hydrogen) atoms. The van der Waals surface area contributed by atoms with Crippen LogP contribution in [0.25, 0.3) is 0 Å². The molecule has 1 heterocycles. The second-order valence-electron chi connectivity index (χ2n) is 5.85. The summed E-state index contributed by atoms with van der Waals surface area (Å²) in [5.74, 6) is 0.0183. The molecule has 0 saturated heterocycles. The standard InChI is InChI=1S/C20H19NO7/c1-3-26-17-7-5-13(9-18(17)25-2)20(24)28-10-15(22)12-4-6-16-14(8-12)21-19(23)11-27-16/h4-9H,3,10-11H2,1-2H3,(H,21,23). The Kier molecular flexibility index (Phi) is 5.78. The number of amides is 1. The van der Waals surface area contributed by atoms with Crippen LogP contribution < -0.4 is 19.5 Å². The van der Waals surface area contributed by atoms with E-state index < -0.39 is 18.4 Å². The summed E-state index contributed by atoms with van der Waals surface area (Å²) >= 11 is 0. The number of Topliss-reactive ketones (excluding diaryl/α,β-unsaturated/α-hetero) is 1. The minimum Gasteiger partial charge on any atom is -0.493 e. The van der Waals surface area contributed by atoms with Crippen molar-refractivity contribution in [2.45, 2.75) is 6.92 Å². The third kappa shape index (κ3) is 4.22.